The van der Waals surface area contributed by atoms with E-state index in [-0.39, 0.29) is 58.5 Å². The molecule has 350 valence electrons. The number of rotatable bonds is 6. The van der Waals surface area contributed by atoms with Crippen LogP contribution < -0.4 is 24.3 Å². The standard InChI is InChI=1S/C19H26N2O4.C19H28N2O3.C11H22N2O/c1-13(19(2,3)4)17(22)20-7-9-21(10-8-20)18(23)14-5-6-15-16(11-14)25-12-24-15;1-14(19(2,3)4)18(22)21-9-7-20(8-10-21)12-15-5-6-16-17(11-15)24-13-23-16;1-9(11(2,3)4)10(14)13-7-5-12-6-8-13/h5-6,11,13H,7-10,12H2,1-4H3;5-6,11,14H,7-10,12-13H2,1-4H3;9,12H,5-8H2,1-4H3/t13-;14-;9-/m111/s1. The van der Waals surface area contributed by atoms with Crippen LogP contribution in [0.5, 0.6) is 23.0 Å². The lowest BCUT2D eigenvalue weighted by molar-refractivity contribution is -0.140. The Hall–Kier alpha value is -4.56. The lowest BCUT2D eigenvalue weighted by Gasteiger charge is -2.38. The van der Waals surface area contributed by atoms with Crippen molar-refractivity contribution in [3.8, 4) is 23.0 Å². The van der Waals surface area contributed by atoms with Gasteiger partial charge < -0.3 is 43.9 Å². The van der Waals surface area contributed by atoms with Gasteiger partial charge in [0.1, 0.15) is 0 Å². The molecule has 1 N–H and O–H groups in total. The van der Waals surface area contributed by atoms with Gasteiger partial charge in [-0.15, -0.1) is 0 Å². The molecule has 4 amide bonds. The smallest absolute Gasteiger partial charge is 0.254 e. The summed E-state index contributed by atoms with van der Waals surface area (Å²) >= 11 is 0. The number of carbonyl (C=O) groups is 4. The van der Waals surface area contributed by atoms with Gasteiger partial charge in [0.25, 0.3) is 5.91 Å². The molecule has 3 atom stereocenters. The second kappa shape index (κ2) is 21.0. The predicted octanol–water partition coefficient (Wildman–Crippen LogP) is 6.22. The van der Waals surface area contributed by atoms with Gasteiger partial charge in [-0.05, 0) is 52.1 Å². The van der Waals surface area contributed by atoms with Crippen LogP contribution in [-0.2, 0) is 20.9 Å². The second-order valence-corrected chi connectivity index (χ2v) is 20.8. The van der Waals surface area contributed by atoms with Crippen LogP contribution in [0.15, 0.2) is 36.4 Å². The van der Waals surface area contributed by atoms with Crippen molar-refractivity contribution < 1.29 is 38.1 Å². The molecule has 0 radical (unpaired) electrons. The van der Waals surface area contributed by atoms with Crippen molar-refractivity contribution in [2.45, 2.75) is 89.6 Å². The summed E-state index contributed by atoms with van der Waals surface area (Å²) in [7, 11) is 0. The van der Waals surface area contributed by atoms with Crippen molar-refractivity contribution in [2.75, 3.05) is 92.1 Å². The number of piperazine rings is 3. The number of ether oxygens (including phenoxy) is 4. The molecule has 63 heavy (non-hydrogen) atoms. The van der Waals surface area contributed by atoms with E-state index in [1.807, 2.05) is 41.5 Å². The van der Waals surface area contributed by atoms with Crippen LogP contribution in [0.2, 0.25) is 0 Å². The maximum absolute atomic E-state index is 12.7. The van der Waals surface area contributed by atoms with Crippen molar-refractivity contribution in [1.29, 1.82) is 0 Å². The molecule has 0 saturated carbocycles. The molecule has 7 rings (SSSR count). The molecule has 5 aliphatic rings. The maximum Gasteiger partial charge on any atom is 0.254 e. The highest BCUT2D eigenvalue weighted by molar-refractivity contribution is 5.95. The Morgan fingerprint density at radius 1 is 0.508 bits per heavy atom. The topological polar surface area (TPSA) is 133 Å². The molecule has 3 saturated heterocycles. The highest BCUT2D eigenvalue weighted by Crippen LogP contribution is 2.35. The number of carbonyl (C=O) groups excluding carboxylic acids is 4. The molecule has 0 bridgehead atoms. The Morgan fingerprint density at radius 2 is 0.889 bits per heavy atom. The fourth-order valence-electron chi connectivity index (χ4n) is 7.58. The monoisotopic (exact) mass is 877 g/mol. The number of fused-ring (bicyclic) bond motifs is 2. The Morgan fingerprint density at radius 3 is 1.35 bits per heavy atom. The van der Waals surface area contributed by atoms with E-state index < -0.39 is 0 Å². The van der Waals surface area contributed by atoms with Crippen molar-refractivity contribution in [3.05, 3.63) is 47.5 Å². The van der Waals surface area contributed by atoms with E-state index in [2.05, 4.69) is 84.7 Å². The molecule has 2 aromatic rings. The molecule has 0 spiro atoms. The van der Waals surface area contributed by atoms with Crippen LogP contribution >= 0.6 is 0 Å². The lowest BCUT2D eigenvalue weighted by atomic mass is 9.81. The van der Waals surface area contributed by atoms with Crippen LogP contribution in [0.25, 0.3) is 0 Å². The molecular weight excluding hydrogens is 801 g/mol. The number of hydrogen-bond donors (Lipinski definition) is 1. The number of benzene rings is 2. The first-order valence-corrected chi connectivity index (χ1v) is 22.9. The minimum atomic E-state index is -0.0590. The summed E-state index contributed by atoms with van der Waals surface area (Å²) < 4.78 is 21.4. The van der Waals surface area contributed by atoms with Crippen molar-refractivity contribution in [1.82, 2.24) is 29.8 Å². The molecular formula is C49H76N6O8. The van der Waals surface area contributed by atoms with Crippen LogP contribution in [0.1, 0.15) is 99.0 Å². The van der Waals surface area contributed by atoms with Crippen LogP contribution in [0, 0.1) is 34.0 Å². The van der Waals surface area contributed by atoms with Gasteiger partial charge >= 0.3 is 0 Å². The molecule has 5 aliphatic heterocycles. The van der Waals surface area contributed by atoms with Gasteiger partial charge in [0.2, 0.25) is 31.3 Å². The third-order valence-electron chi connectivity index (χ3n) is 13.5. The summed E-state index contributed by atoms with van der Waals surface area (Å²) in [5.74, 6) is 3.79. The van der Waals surface area contributed by atoms with Crippen LogP contribution in [0.4, 0.5) is 0 Å². The Bertz CT molecular complexity index is 1880. The molecule has 0 aromatic heterocycles. The van der Waals surface area contributed by atoms with E-state index in [9.17, 15) is 19.2 Å². The summed E-state index contributed by atoms with van der Waals surface area (Å²) in [6.45, 7) is 35.7. The van der Waals surface area contributed by atoms with Crippen molar-refractivity contribution >= 4 is 23.6 Å². The average Bonchev–Trinajstić information content (AvgIpc) is 3.94. The summed E-state index contributed by atoms with van der Waals surface area (Å²) in [6.07, 6.45) is 0. The predicted molar refractivity (Wildman–Crippen MR) is 245 cm³/mol. The zero-order valence-electron chi connectivity index (χ0n) is 40.3. The minimum Gasteiger partial charge on any atom is -0.454 e. The molecule has 0 aliphatic carbocycles. The van der Waals surface area contributed by atoms with Gasteiger partial charge in [-0.1, -0.05) is 89.2 Å². The van der Waals surface area contributed by atoms with Crippen LogP contribution in [-0.4, -0.2) is 140 Å². The van der Waals surface area contributed by atoms with Gasteiger partial charge in [-0.25, -0.2) is 0 Å². The lowest BCUT2D eigenvalue weighted by Crippen LogP contribution is -2.52. The normalized spacial score (nSPS) is 19.2. The van der Waals surface area contributed by atoms with E-state index in [0.29, 0.717) is 55.9 Å². The number of hydrogen-bond acceptors (Lipinski definition) is 10. The fourth-order valence-corrected chi connectivity index (χ4v) is 7.58. The number of nitrogens with zero attached hydrogens (tertiary/aromatic N) is 5. The largest absolute Gasteiger partial charge is 0.454 e. The van der Waals surface area contributed by atoms with E-state index in [0.717, 1.165) is 70.4 Å². The number of nitrogens with one attached hydrogen (secondary N) is 1. The highest BCUT2D eigenvalue weighted by Gasteiger charge is 2.35. The second-order valence-electron chi connectivity index (χ2n) is 20.8. The quantitative estimate of drug-likeness (QED) is 0.357. The Labute approximate surface area is 376 Å². The minimum absolute atomic E-state index is 0.0146. The highest BCUT2D eigenvalue weighted by atomic mass is 16.7. The molecule has 14 heteroatoms. The first-order chi connectivity index (χ1) is 29.5. The number of amides is 4. The molecule has 5 heterocycles. The average molecular weight is 877 g/mol. The summed E-state index contributed by atoms with van der Waals surface area (Å²) in [5.41, 5.74) is 1.84. The summed E-state index contributed by atoms with van der Waals surface area (Å²) in [5, 5.41) is 3.25. The van der Waals surface area contributed by atoms with Gasteiger partial charge in [-0.3, -0.25) is 24.1 Å². The van der Waals surface area contributed by atoms with Crippen LogP contribution in [0.3, 0.4) is 0 Å². The fraction of sp³-hybridized carbons (Fsp3) is 0.673. The zero-order chi connectivity index (χ0) is 46.3. The summed E-state index contributed by atoms with van der Waals surface area (Å²) in [6, 6.07) is 11.4. The van der Waals surface area contributed by atoms with Crippen molar-refractivity contribution in [2.24, 2.45) is 34.0 Å². The van der Waals surface area contributed by atoms with E-state index in [1.165, 1.54) is 5.56 Å². The molecule has 2 aromatic carbocycles. The van der Waals surface area contributed by atoms with E-state index in [1.54, 1.807) is 23.1 Å². The van der Waals surface area contributed by atoms with E-state index >= 15 is 0 Å². The Kier molecular flexibility index (Phi) is 16.5. The third-order valence-corrected chi connectivity index (χ3v) is 13.5. The zero-order valence-corrected chi connectivity index (χ0v) is 40.3. The molecule has 14 nitrogen and oxygen atoms in total. The summed E-state index contributed by atoms with van der Waals surface area (Å²) in [4.78, 5) is 60.0. The third kappa shape index (κ3) is 13.2. The maximum atomic E-state index is 12.7. The van der Waals surface area contributed by atoms with Gasteiger partial charge in [-0.2, -0.15) is 0 Å². The van der Waals surface area contributed by atoms with E-state index in [4.69, 9.17) is 18.9 Å². The SMILES string of the molecule is C[C@H](C(=O)N1CCN(C(=O)c2ccc3c(c2)OCO3)CC1)C(C)(C)C.C[C@H](C(=O)N1CCN(Cc2ccc3c(c2)OCO3)CC1)C(C)(C)C.C[C@H](C(=O)N1CCNCC1)C(C)(C)C. The Balaban J connectivity index is 0.000000186. The molecule has 0 unspecified atom stereocenters. The van der Waals surface area contributed by atoms with Gasteiger partial charge in [0.15, 0.2) is 23.0 Å². The first-order valence-electron chi connectivity index (χ1n) is 22.9. The molecule has 3 fully saturated rings. The van der Waals surface area contributed by atoms with Gasteiger partial charge in [0, 0.05) is 108 Å². The van der Waals surface area contributed by atoms with Crippen molar-refractivity contribution in [3.63, 3.8) is 0 Å². The van der Waals surface area contributed by atoms with Gasteiger partial charge in [0.05, 0.1) is 0 Å². The first kappa shape index (κ1) is 49.5.